The zero-order chi connectivity index (χ0) is 36.8. The van der Waals surface area contributed by atoms with Crippen molar-refractivity contribution >= 4 is 12.3 Å². The molecule has 0 fully saturated rings. The number of alkyl halides is 6. The van der Waals surface area contributed by atoms with Gasteiger partial charge in [0.25, 0.3) is 11.5 Å². The number of nitrogens with one attached hydrogen (secondary N) is 1. The molecule has 2 aromatic carbocycles. The number of amides is 2. The molecule has 0 spiro atoms. The van der Waals surface area contributed by atoms with E-state index in [-0.39, 0.29) is 48.8 Å². The van der Waals surface area contributed by atoms with Crippen LogP contribution >= 0.6 is 0 Å². The molecule has 8 nitrogen and oxygen atoms in total. The predicted octanol–water partition coefficient (Wildman–Crippen LogP) is 6.98. The van der Waals surface area contributed by atoms with E-state index in [4.69, 9.17) is 14.2 Å². The fourth-order valence-electron chi connectivity index (χ4n) is 6.16. The second-order valence-corrected chi connectivity index (χ2v) is 13.2. The van der Waals surface area contributed by atoms with Crippen molar-refractivity contribution in [3.63, 3.8) is 0 Å². The van der Waals surface area contributed by atoms with Crippen LogP contribution in [0.15, 0.2) is 30.3 Å². The summed E-state index contributed by atoms with van der Waals surface area (Å²) < 4.78 is 99.6. The molecule has 2 amide bonds. The van der Waals surface area contributed by atoms with Crippen molar-refractivity contribution in [2.24, 2.45) is 5.41 Å². The lowest BCUT2D eigenvalue weighted by molar-refractivity contribution is -0.376. The van der Waals surface area contributed by atoms with Crippen molar-refractivity contribution in [2.75, 3.05) is 33.4 Å². The third-order valence-corrected chi connectivity index (χ3v) is 8.70. The summed E-state index contributed by atoms with van der Waals surface area (Å²) in [6.45, 7) is 9.98. The van der Waals surface area contributed by atoms with Gasteiger partial charge in [-0.05, 0) is 72.1 Å². The molecule has 1 heterocycles. The number of fused-ring (bicyclic) bond motifs is 1. The first kappa shape index (κ1) is 39.8. The molecule has 49 heavy (non-hydrogen) atoms. The molecular formula is C35H46F6N2O6. The van der Waals surface area contributed by atoms with Crippen molar-refractivity contribution < 1.29 is 55.2 Å². The number of carbonyl (C=O) groups is 2. The number of benzene rings is 2. The normalized spacial score (nSPS) is 15.0. The van der Waals surface area contributed by atoms with E-state index in [1.54, 1.807) is 39.1 Å². The number of hydrogen-bond acceptors (Lipinski definition) is 6. The lowest BCUT2D eigenvalue weighted by atomic mass is 9.68. The van der Waals surface area contributed by atoms with Crippen LogP contribution in [0.2, 0.25) is 0 Å². The number of hydrogen-bond donors (Lipinski definition) is 2. The molecule has 1 aliphatic rings. The molecular weight excluding hydrogens is 658 g/mol. The molecule has 0 bridgehead atoms. The van der Waals surface area contributed by atoms with Crippen LogP contribution in [-0.4, -0.2) is 68.1 Å². The van der Waals surface area contributed by atoms with Gasteiger partial charge in [-0.1, -0.05) is 53.5 Å². The Hall–Kier alpha value is -3.68. The van der Waals surface area contributed by atoms with Gasteiger partial charge in [-0.2, -0.15) is 26.3 Å². The van der Waals surface area contributed by atoms with Crippen molar-refractivity contribution in [2.45, 2.75) is 96.6 Å². The summed E-state index contributed by atoms with van der Waals surface area (Å²) in [7, 11) is 1.61. The number of unbranched alkanes of at least 4 members (excludes halogenated alkanes) is 1. The van der Waals surface area contributed by atoms with Crippen LogP contribution in [0, 0.1) is 5.41 Å². The average Bonchev–Trinajstić information content (AvgIpc) is 3.01. The molecule has 0 aliphatic carbocycles. The molecule has 0 saturated carbocycles. The van der Waals surface area contributed by atoms with E-state index in [0.29, 0.717) is 62.4 Å². The second kappa shape index (κ2) is 15.5. The summed E-state index contributed by atoms with van der Waals surface area (Å²) in [5, 5.41) is 12.9. The van der Waals surface area contributed by atoms with E-state index >= 15 is 0 Å². The van der Waals surface area contributed by atoms with Crippen molar-refractivity contribution in [1.29, 1.82) is 0 Å². The molecule has 0 radical (unpaired) electrons. The van der Waals surface area contributed by atoms with Gasteiger partial charge in [0, 0.05) is 19.2 Å². The minimum Gasteiger partial charge on any atom is -0.493 e. The quantitative estimate of drug-likeness (QED) is 0.118. The van der Waals surface area contributed by atoms with Crippen LogP contribution in [0.4, 0.5) is 26.3 Å². The van der Waals surface area contributed by atoms with E-state index in [9.17, 15) is 41.0 Å². The molecule has 2 N–H and O–H groups in total. The van der Waals surface area contributed by atoms with Gasteiger partial charge in [0.2, 0.25) is 6.41 Å². The highest BCUT2D eigenvalue weighted by Gasteiger charge is 2.71. The number of aryl methyl sites for hydroxylation is 2. The molecule has 1 atom stereocenters. The number of likely N-dealkylation sites (N-methyl/N-ethyl adjacent to an activating group) is 1. The fraction of sp³-hybridized carbons (Fsp3) is 0.600. The number of nitrogens with zero attached hydrogens (tertiary/aromatic N) is 1. The number of carbonyl (C=O) groups excluding carboxylic acids is 2. The van der Waals surface area contributed by atoms with E-state index in [2.05, 4.69) is 5.32 Å². The van der Waals surface area contributed by atoms with Crippen molar-refractivity contribution in [3.8, 4) is 17.2 Å². The highest BCUT2D eigenvalue weighted by molar-refractivity contribution is 5.90. The molecule has 1 aliphatic heterocycles. The van der Waals surface area contributed by atoms with E-state index in [1.165, 1.54) is 4.90 Å². The standard InChI is InChI=1S/C35H46F6N2O6/c1-7-11-23-19-26(33(46,34(36,37)38)35(39,40)41)20-24(12-8-2)29(23)49-16-10-9-15-43(6)30(45)32(42-22-44,31(3,4)5)25-13-14-27-28(21-25)48-18-17-47-27/h13-14,19-22,46H,7-12,15-18H2,1-6H3,(H,42,44). The average molecular weight is 705 g/mol. The number of aliphatic hydroxyl groups is 1. The maximum absolute atomic E-state index is 14.2. The van der Waals surface area contributed by atoms with Crippen molar-refractivity contribution in [1.82, 2.24) is 10.2 Å². The highest BCUT2D eigenvalue weighted by atomic mass is 19.4. The molecule has 274 valence electrons. The van der Waals surface area contributed by atoms with Gasteiger partial charge in [-0.15, -0.1) is 0 Å². The predicted molar refractivity (Wildman–Crippen MR) is 171 cm³/mol. The Labute approximate surface area is 283 Å². The zero-order valence-electron chi connectivity index (χ0n) is 28.7. The Morgan fingerprint density at radius 2 is 1.45 bits per heavy atom. The Morgan fingerprint density at radius 3 is 1.94 bits per heavy atom. The molecule has 2 aromatic rings. The minimum atomic E-state index is -6.00. The first-order valence-corrected chi connectivity index (χ1v) is 16.3. The van der Waals surface area contributed by atoms with Crippen LogP contribution in [0.3, 0.4) is 0 Å². The van der Waals surface area contributed by atoms with Gasteiger partial charge in [0.05, 0.1) is 6.61 Å². The lowest BCUT2D eigenvalue weighted by Gasteiger charge is -2.45. The van der Waals surface area contributed by atoms with Gasteiger partial charge in [0.1, 0.15) is 24.5 Å². The maximum atomic E-state index is 14.2. The van der Waals surface area contributed by atoms with Gasteiger partial charge in [0.15, 0.2) is 11.5 Å². The third kappa shape index (κ3) is 8.05. The molecule has 14 heteroatoms. The van der Waals surface area contributed by atoms with E-state index in [1.807, 2.05) is 20.8 Å². The first-order chi connectivity index (χ1) is 22.8. The van der Waals surface area contributed by atoms with E-state index < -0.39 is 34.5 Å². The summed E-state index contributed by atoms with van der Waals surface area (Å²) in [4.78, 5) is 27.6. The SMILES string of the molecule is CCCc1cc(C(O)(C(F)(F)F)C(F)(F)F)cc(CCC)c1OCCCCN(C)C(=O)C(NC=O)(c1ccc2c(c1)OCCO2)C(C)(C)C. The number of rotatable bonds is 15. The third-order valence-electron chi connectivity index (χ3n) is 8.70. The number of halogens is 6. The Morgan fingerprint density at radius 1 is 0.898 bits per heavy atom. The summed E-state index contributed by atoms with van der Waals surface area (Å²) >= 11 is 0. The Bertz CT molecular complexity index is 1410. The van der Waals surface area contributed by atoms with Gasteiger partial charge in [-0.25, -0.2) is 0 Å². The largest absolute Gasteiger partial charge is 0.493 e. The topological polar surface area (TPSA) is 97.3 Å². The monoisotopic (exact) mass is 704 g/mol. The van der Waals surface area contributed by atoms with Crippen LogP contribution in [0.5, 0.6) is 17.2 Å². The highest BCUT2D eigenvalue weighted by Crippen LogP contribution is 2.51. The van der Waals surface area contributed by atoms with Gasteiger partial charge in [-0.3, -0.25) is 9.59 Å². The van der Waals surface area contributed by atoms with Crippen LogP contribution < -0.4 is 19.5 Å². The summed E-state index contributed by atoms with van der Waals surface area (Å²) in [5.74, 6) is 0.804. The molecule has 0 saturated heterocycles. The van der Waals surface area contributed by atoms with Crippen molar-refractivity contribution in [3.05, 3.63) is 52.6 Å². The zero-order valence-corrected chi connectivity index (χ0v) is 28.7. The second-order valence-electron chi connectivity index (χ2n) is 13.2. The Balaban J connectivity index is 1.82. The smallest absolute Gasteiger partial charge is 0.430 e. The maximum Gasteiger partial charge on any atom is 0.430 e. The van der Waals surface area contributed by atoms with Crippen LogP contribution in [-0.2, 0) is 33.6 Å². The lowest BCUT2D eigenvalue weighted by Crippen LogP contribution is -2.61. The van der Waals surface area contributed by atoms with Crippen LogP contribution in [0.1, 0.15) is 82.6 Å². The van der Waals surface area contributed by atoms with E-state index in [0.717, 1.165) is 12.1 Å². The summed E-state index contributed by atoms with van der Waals surface area (Å²) in [6, 6.07) is 6.56. The minimum absolute atomic E-state index is 0.0662. The first-order valence-electron chi connectivity index (χ1n) is 16.3. The summed E-state index contributed by atoms with van der Waals surface area (Å²) in [5.41, 5.74) is -7.83. The molecule has 1 unspecified atom stereocenters. The molecule has 0 aromatic heterocycles. The van der Waals surface area contributed by atoms with Gasteiger partial charge >= 0.3 is 12.4 Å². The van der Waals surface area contributed by atoms with Gasteiger partial charge < -0.3 is 29.5 Å². The van der Waals surface area contributed by atoms with Crippen LogP contribution in [0.25, 0.3) is 0 Å². The fourth-order valence-corrected chi connectivity index (χ4v) is 6.16. The number of ether oxygens (including phenoxy) is 3. The molecule has 3 rings (SSSR count). The summed E-state index contributed by atoms with van der Waals surface area (Å²) in [6.07, 6.45) is -9.64. The Kier molecular flexibility index (Phi) is 12.6.